The van der Waals surface area contributed by atoms with E-state index in [-0.39, 0.29) is 48.6 Å². The molecule has 0 saturated carbocycles. The van der Waals surface area contributed by atoms with Gasteiger partial charge in [-0.1, -0.05) is 61.5 Å². The molecule has 1 aliphatic heterocycles. The minimum Gasteiger partial charge on any atom is -0.375 e. The van der Waals surface area contributed by atoms with Crippen molar-refractivity contribution in [3.8, 4) is 22.5 Å². The molecule has 0 unspecified atom stereocenters. The lowest BCUT2D eigenvalue weighted by Gasteiger charge is -2.31. The summed E-state index contributed by atoms with van der Waals surface area (Å²) in [5.41, 5.74) is 2.81. The summed E-state index contributed by atoms with van der Waals surface area (Å²) in [6, 6.07) is 15.9. The molecule has 3 N–H and O–H groups in total. The zero-order chi connectivity index (χ0) is 44.5. The van der Waals surface area contributed by atoms with Crippen molar-refractivity contribution in [3.05, 3.63) is 54.1 Å². The first kappa shape index (κ1) is 48.1. The Hall–Kier alpha value is -4.62. The van der Waals surface area contributed by atoms with Crippen LogP contribution in [-0.4, -0.2) is 80.7 Å². The van der Waals surface area contributed by atoms with Crippen molar-refractivity contribution in [2.24, 2.45) is 5.41 Å². The molecule has 0 spiro atoms. The summed E-state index contributed by atoms with van der Waals surface area (Å²) in [6.45, 7) is 25.3. The molecular formula is C47H71N7O6. The number of rotatable bonds is 21. The number of hydrogen-bond donors (Lipinski definition) is 3. The molecule has 3 aromatic rings. The van der Waals surface area contributed by atoms with Gasteiger partial charge >= 0.3 is 0 Å². The Kier molecular flexibility index (Phi) is 16.3. The monoisotopic (exact) mass is 830 g/mol. The maximum atomic E-state index is 14.1. The Morgan fingerprint density at radius 2 is 1.30 bits per heavy atom. The number of amides is 4. The first-order valence-corrected chi connectivity index (χ1v) is 21.6. The van der Waals surface area contributed by atoms with E-state index in [4.69, 9.17) is 14.6 Å². The number of ether oxygens (including phenoxy) is 2. The fourth-order valence-corrected chi connectivity index (χ4v) is 7.12. The van der Waals surface area contributed by atoms with Crippen LogP contribution in [0.3, 0.4) is 0 Å². The van der Waals surface area contributed by atoms with E-state index < -0.39 is 22.2 Å². The number of carbonyl (C=O) groups excluding carboxylic acids is 4. The highest BCUT2D eigenvalue weighted by molar-refractivity contribution is 6.01. The van der Waals surface area contributed by atoms with Gasteiger partial charge in [-0.15, -0.1) is 5.10 Å². The second-order valence-corrected chi connectivity index (χ2v) is 19.3. The number of aryl methyl sites for hydroxylation is 1. The highest BCUT2D eigenvalue weighted by Gasteiger charge is 2.32. The number of hydrogen-bond acceptors (Lipinski definition) is 8. The van der Waals surface area contributed by atoms with E-state index in [2.05, 4.69) is 35.0 Å². The normalized spacial score (nSPS) is 13.3. The number of benzene rings is 2. The van der Waals surface area contributed by atoms with E-state index in [0.717, 1.165) is 22.4 Å². The van der Waals surface area contributed by atoms with E-state index in [1.807, 2.05) is 122 Å². The molecule has 60 heavy (non-hydrogen) atoms. The third-order valence-corrected chi connectivity index (χ3v) is 10.9. The molecule has 13 heteroatoms. The minimum absolute atomic E-state index is 0.00438. The number of nitrogens with zero attached hydrogens (tertiary/aromatic N) is 4. The summed E-state index contributed by atoms with van der Waals surface area (Å²) in [5, 5.41) is 18.4. The molecule has 2 aromatic carbocycles. The number of fused-ring (bicyclic) bond motifs is 5. The van der Waals surface area contributed by atoms with Crippen LogP contribution in [0.2, 0.25) is 0 Å². The van der Waals surface area contributed by atoms with Gasteiger partial charge in [0.05, 0.1) is 29.1 Å². The van der Waals surface area contributed by atoms with Gasteiger partial charge in [0.25, 0.3) is 0 Å². The fraction of sp³-hybridized carbons (Fsp3) is 0.617. The zero-order valence-electron chi connectivity index (χ0n) is 38.3. The fourth-order valence-electron chi connectivity index (χ4n) is 7.12. The van der Waals surface area contributed by atoms with Crippen molar-refractivity contribution in [1.29, 1.82) is 0 Å². The predicted molar refractivity (Wildman–Crippen MR) is 237 cm³/mol. The Morgan fingerprint density at radius 3 is 1.97 bits per heavy atom. The van der Waals surface area contributed by atoms with Crippen LogP contribution in [0.4, 0.5) is 5.69 Å². The standard InChI is InChI=1S/C47H71N7O6/c1-32(2)48-38(55)23-24-46(9,10)60-30-27-45(7,8)50-39(56)21-22-40(57)53-31-34-17-13-14-18-35(34)42-41(36-19-15-16-20-37(36)53)51-52-54(42)28-25-47(11,12)59-29-26-44(5,6)43(58)49-33(3)4/h13-20,32-33H,21-31H2,1-12H3,(H,48,55)(H,49,58)(H,50,56). The Labute approximate surface area is 358 Å². The molecule has 0 bridgehead atoms. The van der Waals surface area contributed by atoms with Crippen molar-refractivity contribution in [2.75, 3.05) is 18.1 Å². The zero-order valence-corrected chi connectivity index (χ0v) is 38.3. The summed E-state index contributed by atoms with van der Waals surface area (Å²) >= 11 is 0. The van der Waals surface area contributed by atoms with Gasteiger partial charge in [-0.05, 0) is 107 Å². The van der Waals surface area contributed by atoms with Gasteiger partial charge in [0.1, 0.15) is 5.69 Å². The third-order valence-electron chi connectivity index (χ3n) is 10.9. The first-order chi connectivity index (χ1) is 28.0. The van der Waals surface area contributed by atoms with Gasteiger partial charge in [0, 0.05) is 73.2 Å². The summed E-state index contributed by atoms with van der Waals surface area (Å²) in [5.74, 6) is -0.359. The first-order valence-electron chi connectivity index (χ1n) is 21.6. The topological polar surface area (TPSA) is 157 Å². The van der Waals surface area contributed by atoms with Gasteiger partial charge < -0.3 is 30.3 Å². The number of anilines is 1. The molecule has 0 aliphatic carbocycles. The van der Waals surface area contributed by atoms with E-state index in [9.17, 15) is 19.2 Å². The lowest BCUT2D eigenvalue weighted by Crippen LogP contribution is -2.45. The van der Waals surface area contributed by atoms with Gasteiger partial charge in [-0.3, -0.25) is 19.2 Å². The lowest BCUT2D eigenvalue weighted by molar-refractivity contribution is -0.132. The van der Waals surface area contributed by atoms with Gasteiger partial charge in [0.15, 0.2) is 0 Å². The summed E-state index contributed by atoms with van der Waals surface area (Å²) in [4.78, 5) is 54.0. The molecule has 0 saturated heterocycles. The maximum absolute atomic E-state index is 14.1. The van der Waals surface area contributed by atoms with E-state index >= 15 is 0 Å². The van der Waals surface area contributed by atoms with Crippen LogP contribution in [0.25, 0.3) is 22.5 Å². The quantitative estimate of drug-likeness (QED) is 0.0985. The summed E-state index contributed by atoms with van der Waals surface area (Å²) in [6.07, 6.45) is 2.82. The Balaban J connectivity index is 1.42. The van der Waals surface area contributed by atoms with Crippen molar-refractivity contribution in [1.82, 2.24) is 30.9 Å². The second-order valence-electron chi connectivity index (χ2n) is 19.3. The number of nitrogens with one attached hydrogen (secondary N) is 3. The van der Waals surface area contributed by atoms with Crippen molar-refractivity contribution >= 4 is 29.3 Å². The Morgan fingerprint density at radius 1 is 0.700 bits per heavy atom. The van der Waals surface area contributed by atoms with Crippen LogP contribution in [0, 0.1) is 5.41 Å². The second kappa shape index (κ2) is 20.3. The van der Waals surface area contributed by atoms with E-state index in [1.54, 1.807) is 4.90 Å². The van der Waals surface area contributed by atoms with Gasteiger partial charge in [0.2, 0.25) is 23.6 Å². The maximum Gasteiger partial charge on any atom is 0.227 e. The van der Waals surface area contributed by atoms with Crippen LogP contribution in [0.1, 0.15) is 134 Å². The minimum atomic E-state index is -0.566. The van der Waals surface area contributed by atoms with Gasteiger partial charge in [-0.2, -0.15) is 0 Å². The van der Waals surface area contributed by atoms with Crippen LogP contribution in [0.5, 0.6) is 0 Å². The molecule has 0 fully saturated rings. The molecule has 1 aliphatic rings. The molecule has 13 nitrogen and oxygen atoms in total. The Bertz CT molecular complexity index is 1950. The largest absolute Gasteiger partial charge is 0.375 e. The van der Waals surface area contributed by atoms with E-state index in [0.29, 0.717) is 69.8 Å². The molecule has 4 rings (SSSR count). The highest BCUT2D eigenvalue weighted by Crippen LogP contribution is 2.41. The molecule has 0 radical (unpaired) electrons. The number of aromatic nitrogens is 3. The number of para-hydroxylation sites is 1. The van der Waals surface area contributed by atoms with E-state index in [1.165, 1.54) is 0 Å². The van der Waals surface area contributed by atoms with Crippen molar-refractivity contribution < 1.29 is 28.7 Å². The third kappa shape index (κ3) is 14.0. The molecule has 2 heterocycles. The molecule has 4 amide bonds. The summed E-state index contributed by atoms with van der Waals surface area (Å²) in [7, 11) is 0. The molecular weight excluding hydrogens is 759 g/mol. The van der Waals surface area contributed by atoms with Crippen LogP contribution in [-0.2, 0) is 41.7 Å². The average molecular weight is 830 g/mol. The van der Waals surface area contributed by atoms with Crippen LogP contribution in [0.15, 0.2) is 48.5 Å². The van der Waals surface area contributed by atoms with Crippen molar-refractivity contribution in [3.63, 3.8) is 0 Å². The van der Waals surface area contributed by atoms with Crippen molar-refractivity contribution in [2.45, 2.75) is 170 Å². The molecule has 0 atom stereocenters. The molecule has 1 aromatic heterocycles. The average Bonchev–Trinajstić information content (AvgIpc) is 3.56. The highest BCUT2D eigenvalue weighted by atomic mass is 16.5. The van der Waals surface area contributed by atoms with Crippen LogP contribution >= 0.6 is 0 Å². The number of carbonyl (C=O) groups is 4. The van der Waals surface area contributed by atoms with Gasteiger partial charge in [-0.25, -0.2) is 4.68 Å². The van der Waals surface area contributed by atoms with Crippen LogP contribution < -0.4 is 20.9 Å². The predicted octanol–water partition coefficient (Wildman–Crippen LogP) is 7.75. The smallest absolute Gasteiger partial charge is 0.227 e. The lowest BCUT2D eigenvalue weighted by atomic mass is 9.88. The SMILES string of the molecule is CC(C)NC(=O)CCC(C)(C)OCCC(C)(C)NC(=O)CCC(=O)N1Cc2ccccc2-c2c(nnn2CCC(C)(C)OCCC(C)(C)C(=O)NC(C)C)-c2ccccc21. The molecule has 330 valence electrons. The summed E-state index contributed by atoms with van der Waals surface area (Å²) < 4.78 is 14.4.